The van der Waals surface area contributed by atoms with E-state index in [4.69, 9.17) is 10.5 Å². The lowest BCUT2D eigenvalue weighted by molar-refractivity contribution is 0.103. The van der Waals surface area contributed by atoms with Crippen molar-refractivity contribution in [2.75, 3.05) is 12.8 Å². The Hall–Kier alpha value is -1.81. The Morgan fingerprint density at radius 2 is 1.89 bits per heavy atom. The van der Waals surface area contributed by atoms with Crippen LogP contribution in [0.15, 0.2) is 46.9 Å². The van der Waals surface area contributed by atoms with E-state index in [2.05, 4.69) is 15.9 Å². The molecule has 0 aliphatic carbocycles. The molecule has 0 aliphatic heterocycles. The van der Waals surface area contributed by atoms with E-state index in [1.54, 1.807) is 36.4 Å². The van der Waals surface area contributed by atoms with Gasteiger partial charge in [-0.25, -0.2) is 0 Å². The summed E-state index contributed by atoms with van der Waals surface area (Å²) in [6.45, 7) is 0. The number of benzene rings is 2. The molecule has 0 atom stereocenters. The van der Waals surface area contributed by atoms with E-state index < -0.39 is 0 Å². The molecule has 0 bridgehead atoms. The number of nitrogens with two attached hydrogens (primary N) is 1. The van der Waals surface area contributed by atoms with Crippen LogP contribution in [-0.2, 0) is 0 Å². The summed E-state index contributed by atoms with van der Waals surface area (Å²) in [5.74, 6) is 0.387. The van der Waals surface area contributed by atoms with Crippen LogP contribution in [0.3, 0.4) is 0 Å². The molecular weight excluding hydrogens is 294 g/mol. The Kier molecular flexibility index (Phi) is 3.67. The van der Waals surface area contributed by atoms with Gasteiger partial charge >= 0.3 is 0 Å². The van der Waals surface area contributed by atoms with Gasteiger partial charge < -0.3 is 10.5 Å². The van der Waals surface area contributed by atoms with Crippen LogP contribution in [0.25, 0.3) is 0 Å². The van der Waals surface area contributed by atoms with Crippen molar-refractivity contribution in [3.8, 4) is 5.75 Å². The lowest BCUT2D eigenvalue weighted by atomic mass is 10.0. The lowest BCUT2D eigenvalue weighted by Crippen LogP contribution is -2.07. The molecule has 0 radical (unpaired) electrons. The fourth-order valence-electron chi connectivity index (χ4n) is 1.71. The monoisotopic (exact) mass is 305 g/mol. The fourth-order valence-corrected chi connectivity index (χ4v) is 2.07. The standard InChI is InChI=1S/C14H12BrNO2/c1-18-13-7-6-9(15)8-11(13)14(17)10-4-2-3-5-12(10)16/h2-8H,16H2,1H3. The van der Waals surface area contributed by atoms with Crippen molar-refractivity contribution in [1.82, 2.24) is 0 Å². The van der Waals surface area contributed by atoms with Crippen molar-refractivity contribution < 1.29 is 9.53 Å². The van der Waals surface area contributed by atoms with Crippen LogP contribution in [0.5, 0.6) is 5.75 Å². The zero-order valence-electron chi connectivity index (χ0n) is 9.81. The third-order valence-electron chi connectivity index (χ3n) is 2.61. The van der Waals surface area contributed by atoms with Gasteiger partial charge in [-0.05, 0) is 30.3 Å². The summed E-state index contributed by atoms with van der Waals surface area (Å²) in [7, 11) is 1.54. The number of methoxy groups -OCH3 is 1. The Morgan fingerprint density at radius 1 is 1.17 bits per heavy atom. The fraction of sp³-hybridized carbons (Fsp3) is 0.0714. The minimum Gasteiger partial charge on any atom is -0.496 e. The molecule has 0 saturated carbocycles. The van der Waals surface area contributed by atoms with Crippen LogP contribution in [0, 0.1) is 0 Å². The highest BCUT2D eigenvalue weighted by atomic mass is 79.9. The molecule has 18 heavy (non-hydrogen) atoms. The van der Waals surface area contributed by atoms with Crippen molar-refractivity contribution in [1.29, 1.82) is 0 Å². The second-order valence-electron chi connectivity index (χ2n) is 3.76. The van der Waals surface area contributed by atoms with Gasteiger partial charge in [0.25, 0.3) is 0 Å². The van der Waals surface area contributed by atoms with E-state index in [9.17, 15) is 4.79 Å². The SMILES string of the molecule is COc1ccc(Br)cc1C(=O)c1ccccc1N. The maximum atomic E-state index is 12.4. The number of para-hydroxylation sites is 1. The highest BCUT2D eigenvalue weighted by molar-refractivity contribution is 9.10. The van der Waals surface area contributed by atoms with E-state index in [0.717, 1.165) is 4.47 Å². The van der Waals surface area contributed by atoms with Crippen LogP contribution in [0.1, 0.15) is 15.9 Å². The summed E-state index contributed by atoms with van der Waals surface area (Å²) in [6.07, 6.45) is 0. The van der Waals surface area contributed by atoms with Crippen molar-refractivity contribution in [3.05, 3.63) is 58.1 Å². The molecule has 2 rings (SSSR count). The number of nitrogen functional groups attached to an aromatic ring is 1. The quantitative estimate of drug-likeness (QED) is 0.699. The molecule has 4 heteroatoms. The highest BCUT2D eigenvalue weighted by Gasteiger charge is 2.16. The van der Waals surface area contributed by atoms with Gasteiger partial charge in [0.2, 0.25) is 0 Å². The summed E-state index contributed by atoms with van der Waals surface area (Å²) in [6, 6.07) is 12.3. The second kappa shape index (κ2) is 5.23. The molecule has 0 aliphatic rings. The number of hydrogen-bond donors (Lipinski definition) is 1. The number of carbonyl (C=O) groups is 1. The molecule has 2 aromatic rings. The Morgan fingerprint density at radius 3 is 2.56 bits per heavy atom. The Balaban J connectivity index is 2.52. The first-order valence-electron chi connectivity index (χ1n) is 5.36. The van der Waals surface area contributed by atoms with E-state index in [1.165, 1.54) is 7.11 Å². The molecule has 0 unspecified atom stereocenters. The van der Waals surface area contributed by atoms with Crippen molar-refractivity contribution in [2.24, 2.45) is 0 Å². The van der Waals surface area contributed by atoms with E-state index in [0.29, 0.717) is 22.6 Å². The second-order valence-corrected chi connectivity index (χ2v) is 4.68. The molecular formula is C14H12BrNO2. The molecule has 0 heterocycles. The number of carbonyl (C=O) groups excluding carboxylic acids is 1. The first-order valence-corrected chi connectivity index (χ1v) is 6.15. The summed E-state index contributed by atoms with van der Waals surface area (Å²) in [4.78, 5) is 12.4. The van der Waals surface area contributed by atoms with Crippen LogP contribution in [0.4, 0.5) is 5.69 Å². The highest BCUT2D eigenvalue weighted by Crippen LogP contribution is 2.27. The van der Waals surface area contributed by atoms with E-state index in [1.807, 2.05) is 6.07 Å². The summed E-state index contributed by atoms with van der Waals surface area (Å²) in [5.41, 5.74) is 7.25. The molecule has 0 spiro atoms. The average Bonchev–Trinajstić information content (AvgIpc) is 2.38. The molecule has 2 N–H and O–H groups in total. The van der Waals surface area contributed by atoms with Crippen molar-refractivity contribution >= 4 is 27.4 Å². The summed E-state index contributed by atoms with van der Waals surface area (Å²) >= 11 is 3.35. The first kappa shape index (κ1) is 12.6. The van der Waals surface area contributed by atoms with Crippen LogP contribution < -0.4 is 10.5 Å². The third kappa shape index (κ3) is 2.38. The molecule has 3 nitrogen and oxygen atoms in total. The predicted octanol–water partition coefficient (Wildman–Crippen LogP) is 3.27. The number of anilines is 1. The number of rotatable bonds is 3. The van der Waals surface area contributed by atoms with Crippen LogP contribution in [0.2, 0.25) is 0 Å². The van der Waals surface area contributed by atoms with Gasteiger partial charge in [-0.3, -0.25) is 4.79 Å². The van der Waals surface area contributed by atoms with E-state index >= 15 is 0 Å². The van der Waals surface area contributed by atoms with Gasteiger partial charge in [0.1, 0.15) is 5.75 Å². The average molecular weight is 306 g/mol. The van der Waals surface area contributed by atoms with Crippen LogP contribution >= 0.6 is 15.9 Å². The Bertz CT molecular complexity index is 596. The smallest absolute Gasteiger partial charge is 0.198 e. The third-order valence-corrected chi connectivity index (χ3v) is 3.10. The van der Waals surface area contributed by atoms with Gasteiger partial charge in [0.05, 0.1) is 12.7 Å². The number of hydrogen-bond acceptors (Lipinski definition) is 3. The van der Waals surface area contributed by atoms with Crippen molar-refractivity contribution in [3.63, 3.8) is 0 Å². The maximum absolute atomic E-state index is 12.4. The topological polar surface area (TPSA) is 52.3 Å². The molecule has 92 valence electrons. The predicted molar refractivity (Wildman–Crippen MR) is 75.0 cm³/mol. The molecule has 2 aromatic carbocycles. The Labute approximate surface area is 114 Å². The van der Waals surface area contributed by atoms with Gasteiger partial charge in [0.15, 0.2) is 5.78 Å². The largest absolute Gasteiger partial charge is 0.496 e. The molecule has 0 fully saturated rings. The normalized spacial score (nSPS) is 10.1. The number of ether oxygens (including phenoxy) is 1. The zero-order chi connectivity index (χ0) is 13.1. The van der Waals surface area contributed by atoms with Crippen LogP contribution in [-0.4, -0.2) is 12.9 Å². The van der Waals surface area contributed by atoms with Crippen molar-refractivity contribution in [2.45, 2.75) is 0 Å². The number of ketones is 1. The molecule has 0 amide bonds. The van der Waals surface area contributed by atoms with Gasteiger partial charge in [-0.2, -0.15) is 0 Å². The zero-order valence-corrected chi connectivity index (χ0v) is 11.4. The maximum Gasteiger partial charge on any atom is 0.198 e. The van der Waals surface area contributed by atoms with E-state index in [-0.39, 0.29) is 5.78 Å². The molecule has 0 saturated heterocycles. The first-order chi connectivity index (χ1) is 8.63. The van der Waals surface area contributed by atoms with Gasteiger partial charge in [-0.15, -0.1) is 0 Å². The number of halogens is 1. The summed E-state index contributed by atoms with van der Waals surface area (Å²) < 4.78 is 6.02. The van der Waals surface area contributed by atoms with Gasteiger partial charge in [0, 0.05) is 15.7 Å². The molecule has 0 aromatic heterocycles. The minimum atomic E-state index is -0.147. The minimum absolute atomic E-state index is 0.147. The summed E-state index contributed by atoms with van der Waals surface area (Å²) in [5, 5.41) is 0. The lowest BCUT2D eigenvalue weighted by Gasteiger charge is -2.09. The van der Waals surface area contributed by atoms with Gasteiger partial charge in [-0.1, -0.05) is 28.1 Å².